The Bertz CT molecular complexity index is 390. The van der Waals surface area contributed by atoms with E-state index in [-0.39, 0.29) is 25.3 Å². The summed E-state index contributed by atoms with van der Waals surface area (Å²) in [6.07, 6.45) is -2.70. The van der Waals surface area contributed by atoms with Gasteiger partial charge in [-0.2, -0.15) is 0 Å². The van der Waals surface area contributed by atoms with Crippen LogP contribution < -0.4 is 0 Å². The quantitative estimate of drug-likeness (QED) is 0.548. The molecule has 1 heterocycles. The van der Waals surface area contributed by atoms with Gasteiger partial charge in [0.1, 0.15) is 6.17 Å². The topological polar surface area (TPSA) is 74.2 Å². The highest BCUT2D eigenvalue weighted by molar-refractivity contribution is 6.23. The number of halogens is 1. The second-order valence-corrected chi connectivity index (χ2v) is 4.34. The maximum atomic E-state index is 13.8. The van der Waals surface area contributed by atoms with Crippen LogP contribution in [0.25, 0.3) is 0 Å². The van der Waals surface area contributed by atoms with Crippen LogP contribution in [0.5, 0.6) is 0 Å². The van der Waals surface area contributed by atoms with Crippen LogP contribution in [0.1, 0.15) is 34.1 Å². The number of carbonyl (C=O) groups is 2. The van der Waals surface area contributed by atoms with Gasteiger partial charge in [0.25, 0.3) is 0 Å². The van der Waals surface area contributed by atoms with Crippen molar-refractivity contribution in [3.8, 4) is 0 Å². The van der Waals surface area contributed by atoms with Gasteiger partial charge in [-0.1, -0.05) is 12.1 Å². The number of hydrogen-bond acceptors (Lipinski definition) is 6. The van der Waals surface area contributed by atoms with Crippen molar-refractivity contribution in [1.82, 2.24) is 0 Å². The Balaban J connectivity index is 3.33. The summed E-state index contributed by atoms with van der Waals surface area (Å²) in [5.41, 5.74) is -1.82. The third-order valence-corrected chi connectivity index (χ3v) is 3.11. The Morgan fingerprint density at radius 2 is 1.80 bits per heavy atom. The van der Waals surface area contributed by atoms with Crippen molar-refractivity contribution in [1.29, 1.82) is 0 Å². The second kappa shape index (κ2) is 6.67. The number of oxime groups is 1. The van der Waals surface area contributed by atoms with Gasteiger partial charge >= 0.3 is 11.9 Å². The van der Waals surface area contributed by atoms with Crippen LogP contribution in [0, 0.1) is 5.41 Å². The van der Waals surface area contributed by atoms with E-state index in [1.165, 1.54) is 6.92 Å². The van der Waals surface area contributed by atoms with E-state index in [1.54, 1.807) is 20.8 Å². The van der Waals surface area contributed by atoms with Crippen LogP contribution in [0.15, 0.2) is 5.16 Å². The first-order chi connectivity index (χ1) is 9.46. The summed E-state index contributed by atoms with van der Waals surface area (Å²) in [6.45, 7) is 6.22. The molecule has 0 unspecified atom stereocenters. The fraction of sp³-hybridized carbons (Fsp3) is 0.769. The number of hydrogen-bond donors (Lipinski definition) is 0. The number of rotatable bonds is 6. The van der Waals surface area contributed by atoms with Gasteiger partial charge in [-0.05, 0) is 27.2 Å². The Morgan fingerprint density at radius 3 is 2.15 bits per heavy atom. The third-order valence-electron chi connectivity index (χ3n) is 3.11. The number of ether oxygens (including phenoxy) is 2. The van der Waals surface area contributed by atoms with Gasteiger partial charge in [-0.3, -0.25) is 9.59 Å². The monoisotopic (exact) mass is 289 g/mol. The summed E-state index contributed by atoms with van der Waals surface area (Å²) in [5.74, 6) is -1.77. The molecule has 0 spiro atoms. The predicted molar refractivity (Wildman–Crippen MR) is 68.9 cm³/mol. The molecule has 0 N–H and O–H groups in total. The zero-order valence-electron chi connectivity index (χ0n) is 12.1. The Morgan fingerprint density at radius 1 is 1.30 bits per heavy atom. The highest BCUT2D eigenvalue weighted by Gasteiger charge is 2.65. The summed E-state index contributed by atoms with van der Waals surface area (Å²) in [5, 5.41) is 3.69. The first-order valence-electron chi connectivity index (χ1n) is 6.68. The van der Waals surface area contributed by atoms with E-state index in [2.05, 4.69) is 5.16 Å². The normalized spacial score (nSPS) is 21.6. The van der Waals surface area contributed by atoms with Crippen molar-refractivity contribution in [2.75, 3.05) is 13.2 Å². The van der Waals surface area contributed by atoms with Crippen LogP contribution >= 0.6 is 0 Å². The van der Waals surface area contributed by atoms with Crippen molar-refractivity contribution in [3.05, 3.63) is 0 Å². The third kappa shape index (κ3) is 2.48. The molecule has 2 atom stereocenters. The van der Waals surface area contributed by atoms with Crippen molar-refractivity contribution >= 4 is 17.7 Å². The van der Waals surface area contributed by atoms with Crippen LogP contribution in [0.2, 0.25) is 0 Å². The van der Waals surface area contributed by atoms with Gasteiger partial charge in [-0.25, -0.2) is 4.39 Å². The van der Waals surface area contributed by atoms with E-state index in [0.29, 0.717) is 0 Å². The summed E-state index contributed by atoms with van der Waals surface area (Å²) < 4.78 is 23.7. The van der Waals surface area contributed by atoms with Crippen LogP contribution in [-0.4, -0.2) is 43.1 Å². The lowest BCUT2D eigenvalue weighted by Gasteiger charge is -2.29. The molecule has 114 valence electrons. The molecule has 0 aromatic rings. The minimum atomic E-state index is -1.95. The number of carbonyl (C=O) groups excluding carboxylic acids is 2. The molecule has 1 rings (SSSR count). The standard InChI is InChI=1S/C13H20FNO5/c1-5-9-13(11(16)18-6-2,12(17)19-7-3)10(8(4)14)20-15-9/h8,10H,5-7H2,1-4H3/t8-,10+/m1/s1. The maximum absolute atomic E-state index is 13.8. The number of nitrogens with zero attached hydrogens (tertiary/aromatic N) is 1. The van der Waals surface area contributed by atoms with E-state index >= 15 is 0 Å². The first-order valence-corrected chi connectivity index (χ1v) is 6.68. The van der Waals surface area contributed by atoms with E-state index in [4.69, 9.17) is 14.3 Å². The molecule has 6 nitrogen and oxygen atoms in total. The lowest BCUT2D eigenvalue weighted by Crippen LogP contribution is -2.56. The average Bonchev–Trinajstić information content (AvgIpc) is 2.79. The predicted octanol–water partition coefficient (Wildman–Crippen LogP) is 1.62. The van der Waals surface area contributed by atoms with E-state index in [1.807, 2.05) is 0 Å². The number of esters is 2. The van der Waals surface area contributed by atoms with E-state index in [9.17, 15) is 14.0 Å². The molecule has 0 aromatic carbocycles. The fourth-order valence-corrected chi connectivity index (χ4v) is 2.25. The molecule has 0 saturated heterocycles. The van der Waals surface area contributed by atoms with Crippen LogP contribution in [0.4, 0.5) is 4.39 Å². The Labute approximate surface area is 117 Å². The number of alkyl halides is 1. The minimum absolute atomic E-state index is 0.0599. The van der Waals surface area contributed by atoms with Gasteiger partial charge in [0, 0.05) is 0 Å². The van der Waals surface area contributed by atoms with E-state index < -0.39 is 29.6 Å². The molecule has 0 fully saturated rings. The zero-order valence-corrected chi connectivity index (χ0v) is 12.1. The van der Waals surface area contributed by atoms with Gasteiger partial charge in [0.05, 0.1) is 18.9 Å². The smallest absolute Gasteiger partial charge is 0.333 e. The largest absolute Gasteiger partial charge is 0.465 e. The van der Waals surface area contributed by atoms with E-state index in [0.717, 1.165) is 0 Å². The summed E-state index contributed by atoms with van der Waals surface area (Å²) in [6, 6.07) is 0. The van der Waals surface area contributed by atoms with Crippen LogP contribution in [0.3, 0.4) is 0 Å². The van der Waals surface area contributed by atoms with Gasteiger partial charge in [0.2, 0.25) is 5.41 Å². The zero-order chi connectivity index (χ0) is 15.3. The summed E-state index contributed by atoms with van der Waals surface area (Å²) in [4.78, 5) is 29.6. The fourth-order valence-electron chi connectivity index (χ4n) is 2.25. The van der Waals surface area contributed by atoms with Gasteiger partial charge < -0.3 is 14.3 Å². The molecule has 0 amide bonds. The molecule has 0 radical (unpaired) electrons. The molecule has 0 aromatic heterocycles. The van der Waals surface area contributed by atoms with Gasteiger partial charge in [0.15, 0.2) is 6.10 Å². The molecule has 1 aliphatic heterocycles. The highest BCUT2D eigenvalue weighted by atomic mass is 19.1. The SMILES string of the molecule is CCOC(=O)C1(C(=O)OCC)C(CC)=NO[C@H]1[C@@H](C)F. The molecule has 0 saturated carbocycles. The Kier molecular flexibility index (Phi) is 5.47. The molecule has 1 aliphatic rings. The lowest BCUT2D eigenvalue weighted by atomic mass is 9.75. The summed E-state index contributed by atoms with van der Waals surface area (Å²) >= 11 is 0. The molecule has 7 heteroatoms. The molecule has 0 aliphatic carbocycles. The van der Waals surface area contributed by atoms with Crippen molar-refractivity contribution in [3.63, 3.8) is 0 Å². The lowest BCUT2D eigenvalue weighted by molar-refractivity contribution is -0.175. The molecule has 0 bridgehead atoms. The average molecular weight is 289 g/mol. The maximum Gasteiger partial charge on any atom is 0.333 e. The highest BCUT2D eigenvalue weighted by Crippen LogP contribution is 2.39. The first kappa shape index (κ1) is 16.4. The van der Waals surface area contributed by atoms with Crippen molar-refractivity contribution in [2.24, 2.45) is 10.6 Å². The second-order valence-electron chi connectivity index (χ2n) is 4.34. The summed E-state index contributed by atoms with van der Waals surface area (Å²) in [7, 11) is 0. The molecular weight excluding hydrogens is 269 g/mol. The molecule has 20 heavy (non-hydrogen) atoms. The van der Waals surface area contributed by atoms with Crippen LogP contribution in [-0.2, 0) is 23.9 Å². The Hall–Kier alpha value is -1.66. The van der Waals surface area contributed by atoms with Crippen molar-refractivity contribution < 1.29 is 28.3 Å². The van der Waals surface area contributed by atoms with Gasteiger partial charge in [-0.15, -0.1) is 0 Å². The molecular formula is C13H20FNO5. The minimum Gasteiger partial charge on any atom is -0.465 e. The van der Waals surface area contributed by atoms with Crippen molar-refractivity contribution in [2.45, 2.75) is 46.4 Å².